The summed E-state index contributed by atoms with van der Waals surface area (Å²) in [4.78, 5) is 0. The molecule has 0 saturated heterocycles. The first-order chi connectivity index (χ1) is 7.30. The molecular weight excluding hydrogens is 190 g/mol. The van der Waals surface area contributed by atoms with Crippen LogP contribution in [0.25, 0.3) is 0 Å². The lowest BCUT2D eigenvalue weighted by molar-refractivity contribution is -0.132. The maximum atomic E-state index is 5.55. The molecule has 15 heavy (non-hydrogen) atoms. The van der Waals surface area contributed by atoms with Crippen LogP contribution in [0.5, 0.6) is 0 Å². The summed E-state index contributed by atoms with van der Waals surface area (Å²) in [6.45, 7) is 3.19. The second-order valence-electron chi connectivity index (χ2n) is 3.41. The third-order valence-corrected chi connectivity index (χ3v) is 2.29. The summed E-state index contributed by atoms with van der Waals surface area (Å²) >= 11 is 0. The van der Waals surface area contributed by atoms with Gasteiger partial charge in [0.2, 0.25) is 0 Å². The Morgan fingerprint density at radius 1 is 1.20 bits per heavy atom. The van der Waals surface area contributed by atoms with E-state index in [0.717, 1.165) is 17.5 Å². The van der Waals surface area contributed by atoms with E-state index in [0.29, 0.717) is 13.2 Å². The van der Waals surface area contributed by atoms with Gasteiger partial charge in [0.25, 0.3) is 0 Å². The first-order valence-corrected chi connectivity index (χ1v) is 5.22. The van der Waals surface area contributed by atoms with Crippen LogP contribution in [0.1, 0.15) is 24.5 Å². The van der Waals surface area contributed by atoms with E-state index >= 15 is 0 Å². The third kappa shape index (κ3) is 4.00. The van der Waals surface area contributed by atoms with Crippen molar-refractivity contribution in [2.24, 2.45) is 5.73 Å². The fraction of sp³-hybridized carbons (Fsp3) is 0.500. The van der Waals surface area contributed by atoms with Gasteiger partial charge in [0, 0.05) is 13.7 Å². The molecule has 0 aliphatic rings. The van der Waals surface area contributed by atoms with E-state index in [1.165, 1.54) is 0 Å². The van der Waals surface area contributed by atoms with Gasteiger partial charge in [-0.3, -0.25) is 0 Å². The van der Waals surface area contributed by atoms with E-state index in [9.17, 15) is 0 Å². The minimum Gasteiger partial charge on any atom is -0.356 e. The van der Waals surface area contributed by atoms with E-state index in [1.54, 1.807) is 7.11 Å². The number of methoxy groups -OCH3 is 1. The Kier molecular flexibility index (Phi) is 5.32. The molecule has 1 rings (SSSR count). The summed E-state index contributed by atoms with van der Waals surface area (Å²) in [7, 11) is 1.66. The molecule has 3 nitrogen and oxygen atoms in total. The zero-order valence-electron chi connectivity index (χ0n) is 9.40. The van der Waals surface area contributed by atoms with E-state index < -0.39 is 0 Å². The van der Waals surface area contributed by atoms with Crippen LogP contribution in [-0.4, -0.2) is 13.4 Å². The van der Waals surface area contributed by atoms with Crippen molar-refractivity contribution in [1.29, 1.82) is 0 Å². The van der Waals surface area contributed by atoms with Gasteiger partial charge in [-0.2, -0.15) is 0 Å². The van der Waals surface area contributed by atoms with Crippen molar-refractivity contribution in [2.75, 3.05) is 7.11 Å². The van der Waals surface area contributed by atoms with E-state index in [4.69, 9.17) is 15.2 Å². The Labute approximate surface area is 91.2 Å². The van der Waals surface area contributed by atoms with E-state index in [2.05, 4.69) is 0 Å². The predicted molar refractivity (Wildman–Crippen MR) is 60.2 cm³/mol. The summed E-state index contributed by atoms with van der Waals surface area (Å²) < 4.78 is 10.7. The average molecular weight is 209 g/mol. The zero-order valence-corrected chi connectivity index (χ0v) is 9.40. The lowest BCUT2D eigenvalue weighted by Gasteiger charge is -2.14. The minimum absolute atomic E-state index is 0.112. The molecule has 1 aromatic rings. The first kappa shape index (κ1) is 12.2. The maximum Gasteiger partial charge on any atom is 0.157 e. The molecule has 3 heteroatoms. The third-order valence-electron chi connectivity index (χ3n) is 2.29. The Morgan fingerprint density at radius 3 is 2.27 bits per heavy atom. The van der Waals surface area contributed by atoms with E-state index in [1.807, 2.05) is 31.2 Å². The molecule has 0 spiro atoms. The summed E-state index contributed by atoms with van der Waals surface area (Å²) in [5, 5.41) is 0. The van der Waals surface area contributed by atoms with Gasteiger partial charge in [-0.1, -0.05) is 31.2 Å². The van der Waals surface area contributed by atoms with Crippen molar-refractivity contribution in [3.63, 3.8) is 0 Å². The van der Waals surface area contributed by atoms with Crippen LogP contribution in [0, 0.1) is 0 Å². The number of hydrogen-bond acceptors (Lipinski definition) is 3. The van der Waals surface area contributed by atoms with Crippen molar-refractivity contribution >= 4 is 0 Å². The van der Waals surface area contributed by atoms with Crippen LogP contribution in [0.2, 0.25) is 0 Å². The van der Waals surface area contributed by atoms with E-state index in [-0.39, 0.29) is 6.29 Å². The molecule has 2 N–H and O–H groups in total. The van der Waals surface area contributed by atoms with Crippen LogP contribution in [0.4, 0.5) is 0 Å². The van der Waals surface area contributed by atoms with Crippen molar-refractivity contribution in [3.05, 3.63) is 35.4 Å². The average Bonchev–Trinajstić information content (AvgIpc) is 2.31. The van der Waals surface area contributed by atoms with Gasteiger partial charge in [0.15, 0.2) is 6.29 Å². The first-order valence-electron chi connectivity index (χ1n) is 5.22. The van der Waals surface area contributed by atoms with Crippen LogP contribution >= 0.6 is 0 Å². The highest BCUT2D eigenvalue weighted by atomic mass is 16.7. The number of ether oxygens (including phenoxy) is 2. The Bertz CT molecular complexity index is 267. The quantitative estimate of drug-likeness (QED) is 0.729. The van der Waals surface area contributed by atoms with Crippen molar-refractivity contribution < 1.29 is 9.47 Å². The van der Waals surface area contributed by atoms with Gasteiger partial charge in [0.1, 0.15) is 0 Å². The molecule has 0 aliphatic carbocycles. The normalized spacial score (nSPS) is 12.7. The molecule has 0 saturated carbocycles. The summed E-state index contributed by atoms with van der Waals surface area (Å²) in [5.74, 6) is 0. The molecule has 0 radical (unpaired) electrons. The number of nitrogens with two attached hydrogens (primary N) is 1. The lowest BCUT2D eigenvalue weighted by Crippen LogP contribution is -2.13. The van der Waals surface area contributed by atoms with Gasteiger partial charge in [-0.05, 0) is 17.5 Å². The summed E-state index contributed by atoms with van der Waals surface area (Å²) in [6.07, 6.45) is 0.747. The monoisotopic (exact) mass is 209 g/mol. The predicted octanol–water partition coefficient (Wildman–Crippen LogP) is 2.04. The molecule has 1 aromatic carbocycles. The Hall–Kier alpha value is -0.900. The maximum absolute atomic E-state index is 5.55. The molecule has 0 bridgehead atoms. The second kappa shape index (κ2) is 6.56. The summed E-state index contributed by atoms with van der Waals surface area (Å²) in [5.41, 5.74) is 7.79. The molecule has 0 aliphatic heterocycles. The molecule has 0 amide bonds. The van der Waals surface area contributed by atoms with Crippen LogP contribution in [0.3, 0.4) is 0 Å². The van der Waals surface area contributed by atoms with Gasteiger partial charge in [0.05, 0.1) is 6.61 Å². The topological polar surface area (TPSA) is 44.5 Å². The molecule has 1 unspecified atom stereocenters. The molecule has 1 atom stereocenters. The van der Waals surface area contributed by atoms with Gasteiger partial charge in [-0.25, -0.2) is 0 Å². The number of rotatable bonds is 6. The lowest BCUT2D eigenvalue weighted by atomic mass is 10.1. The smallest absolute Gasteiger partial charge is 0.157 e. The highest BCUT2D eigenvalue weighted by molar-refractivity contribution is 5.21. The van der Waals surface area contributed by atoms with Gasteiger partial charge < -0.3 is 15.2 Å². The largest absolute Gasteiger partial charge is 0.356 e. The minimum atomic E-state index is -0.112. The fourth-order valence-corrected chi connectivity index (χ4v) is 1.31. The van der Waals surface area contributed by atoms with Gasteiger partial charge in [-0.15, -0.1) is 0 Å². The highest BCUT2D eigenvalue weighted by Crippen LogP contribution is 2.08. The molecule has 0 aromatic heterocycles. The second-order valence-corrected chi connectivity index (χ2v) is 3.41. The van der Waals surface area contributed by atoms with Crippen LogP contribution < -0.4 is 5.73 Å². The highest BCUT2D eigenvalue weighted by Gasteiger charge is 2.03. The number of hydrogen-bond donors (Lipinski definition) is 1. The zero-order chi connectivity index (χ0) is 11.1. The SMILES string of the molecule is CCC(OC)OCc1ccc(CN)cc1. The standard InChI is InChI=1S/C12H19NO2/c1-3-12(14-2)15-9-11-6-4-10(8-13)5-7-11/h4-7,12H,3,8-9,13H2,1-2H3. The van der Waals surface area contributed by atoms with Crippen LogP contribution in [-0.2, 0) is 22.6 Å². The molecule has 84 valence electrons. The van der Waals surface area contributed by atoms with Crippen molar-refractivity contribution in [1.82, 2.24) is 0 Å². The summed E-state index contributed by atoms with van der Waals surface area (Å²) in [6, 6.07) is 8.11. The van der Waals surface area contributed by atoms with Gasteiger partial charge >= 0.3 is 0 Å². The molecule has 0 heterocycles. The molecule has 0 fully saturated rings. The van der Waals surface area contributed by atoms with Crippen LogP contribution in [0.15, 0.2) is 24.3 Å². The van der Waals surface area contributed by atoms with Crippen molar-refractivity contribution in [3.8, 4) is 0 Å². The van der Waals surface area contributed by atoms with Crippen molar-refractivity contribution in [2.45, 2.75) is 32.8 Å². The fourth-order valence-electron chi connectivity index (χ4n) is 1.31. The molecular formula is C12H19NO2. The Morgan fingerprint density at radius 2 is 1.80 bits per heavy atom. The number of benzene rings is 1. The Balaban J connectivity index is 2.43.